The summed E-state index contributed by atoms with van der Waals surface area (Å²) < 4.78 is 5.32. The number of rotatable bonds is 3. The van der Waals surface area contributed by atoms with Crippen LogP contribution in [-0.4, -0.2) is 38.0 Å². The van der Waals surface area contributed by atoms with Gasteiger partial charge in [0.25, 0.3) is 0 Å². The minimum absolute atomic E-state index is 0.663. The van der Waals surface area contributed by atoms with Gasteiger partial charge in [0.05, 0.1) is 18.9 Å². The quantitative estimate of drug-likeness (QED) is 0.628. The number of morpholine rings is 1. The van der Waals surface area contributed by atoms with Crippen molar-refractivity contribution in [3.8, 4) is 0 Å². The molecule has 0 spiro atoms. The first-order valence-corrected chi connectivity index (χ1v) is 6.19. The van der Waals surface area contributed by atoms with Crippen LogP contribution in [0.1, 0.15) is 12.5 Å². The summed E-state index contributed by atoms with van der Waals surface area (Å²) in [7, 11) is 0. The van der Waals surface area contributed by atoms with Crippen molar-refractivity contribution >= 4 is 17.4 Å². The standard InChI is InChI=1S/C13H18N4O2/c1-10(15-16-13(14)18)11-2-4-12(5-3-11)17-6-8-19-9-7-17/h2-5H,6-9H2,1H3,(H3,14,16,18). The van der Waals surface area contributed by atoms with Gasteiger partial charge >= 0.3 is 6.03 Å². The molecular weight excluding hydrogens is 244 g/mol. The number of ether oxygens (including phenoxy) is 1. The molecule has 19 heavy (non-hydrogen) atoms. The molecule has 0 aliphatic carbocycles. The third kappa shape index (κ3) is 3.69. The molecule has 2 rings (SSSR count). The summed E-state index contributed by atoms with van der Waals surface area (Å²) in [5.74, 6) is 0. The summed E-state index contributed by atoms with van der Waals surface area (Å²) in [6.07, 6.45) is 0. The van der Waals surface area contributed by atoms with Crippen LogP contribution in [0.2, 0.25) is 0 Å². The lowest BCUT2D eigenvalue weighted by Crippen LogP contribution is -2.36. The van der Waals surface area contributed by atoms with Crippen molar-refractivity contribution < 1.29 is 9.53 Å². The first-order chi connectivity index (χ1) is 9.16. The van der Waals surface area contributed by atoms with Gasteiger partial charge in [-0.3, -0.25) is 0 Å². The van der Waals surface area contributed by atoms with Crippen LogP contribution in [0.15, 0.2) is 29.4 Å². The SMILES string of the molecule is CC(=NNC(N)=O)c1ccc(N2CCOCC2)cc1. The zero-order chi connectivity index (χ0) is 13.7. The highest BCUT2D eigenvalue weighted by atomic mass is 16.5. The number of carbonyl (C=O) groups is 1. The second kappa shape index (κ2) is 6.19. The lowest BCUT2D eigenvalue weighted by atomic mass is 10.1. The van der Waals surface area contributed by atoms with Gasteiger partial charge in [-0.05, 0) is 24.6 Å². The Morgan fingerprint density at radius 3 is 2.53 bits per heavy atom. The lowest BCUT2D eigenvalue weighted by molar-refractivity contribution is 0.122. The molecule has 1 fully saturated rings. The molecule has 0 bridgehead atoms. The molecule has 0 saturated carbocycles. The number of hydrazone groups is 1. The highest BCUT2D eigenvalue weighted by Crippen LogP contribution is 2.16. The molecular formula is C13H18N4O2. The Morgan fingerprint density at radius 2 is 1.95 bits per heavy atom. The smallest absolute Gasteiger partial charge is 0.332 e. The van der Waals surface area contributed by atoms with E-state index >= 15 is 0 Å². The molecule has 6 heteroatoms. The Kier molecular flexibility index (Phi) is 4.35. The summed E-state index contributed by atoms with van der Waals surface area (Å²) in [5, 5.41) is 3.89. The van der Waals surface area contributed by atoms with E-state index in [0.717, 1.165) is 31.9 Å². The average molecular weight is 262 g/mol. The number of primary amides is 1. The van der Waals surface area contributed by atoms with Crippen LogP contribution in [0.5, 0.6) is 0 Å². The number of nitrogens with zero attached hydrogens (tertiary/aromatic N) is 2. The van der Waals surface area contributed by atoms with Gasteiger partial charge in [-0.25, -0.2) is 10.2 Å². The molecule has 0 unspecified atom stereocenters. The number of hydrogen-bond acceptors (Lipinski definition) is 4. The van der Waals surface area contributed by atoms with Gasteiger partial charge < -0.3 is 15.4 Å². The largest absolute Gasteiger partial charge is 0.378 e. The summed E-state index contributed by atoms with van der Waals surface area (Å²) in [5.41, 5.74) is 10.0. The monoisotopic (exact) mass is 262 g/mol. The number of nitrogens with two attached hydrogens (primary N) is 1. The third-order valence-electron chi connectivity index (χ3n) is 3.00. The van der Waals surface area contributed by atoms with Crippen LogP contribution >= 0.6 is 0 Å². The van der Waals surface area contributed by atoms with E-state index in [1.165, 1.54) is 5.69 Å². The van der Waals surface area contributed by atoms with E-state index in [4.69, 9.17) is 10.5 Å². The fourth-order valence-corrected chi connectivity index (χ4v) is 1.94. The minimum Gasteiger partial charge on any atom is -0.378 e. The number of hydrogen-bond donors (Lipinski definition) is 2. The molecule has 1 heterocycles. The molecule has 1 aliphatic heterocycles. The Hall–Kier alpha value is -2.08. The Balaban J connectivity index is 2.05. The van der Waals surface area contributed by atoms with Crippen molar-refractivity contribution in [1.82, 2.24) is 5.43 Å². The van der Waals surface area contributed by atoms with Gasteiger partial charge in [0.2, 0.25) is 0 Å². The van der Waals surface area contributed by atoms with Crippen LogP contribution in [0.3, 0.4) is 0 Å². The van der Waals surface area contributed by atoms with Gasteiger partial charge in [-0.15, -0.1) is 0 Å². The maximum absolute atomic E-state index is 10.6. The van der Waals surface area contributed by atoms with Gasteiger partial charge in [0.1, 0.15) is 0 Å². The van der Waals surface area contributed by atoms with Crippen molar-refractivity contribution in [3.05, 3.63) is 29.8 Å². The van der Waals surface area contributed by atoms with E-state index in [2.05, 4.69) is 15.4 Å². The maximum Gasteiger partial charge on any atom is 0.332 e. The second-order valence-electron chi connectivity index (χ2n) is 4.32. The molecule has 3 N–H and O–H groups in total. The Bertz CT molecular complexity index is 464. The third-order valence-corrected chi connectivity index (χ3v) is 3.00. The molecule has 1 aliphatic rings. The van der Waals surface area contributed by atoms with Gasteiger partial charge in [-0.1, -0.05) is 12.1 Å². The van der Waals surface area contributed by atoms with Crippen LogP contribution in [0.25, 0.3) is 0 Å². The summed E-state index contributed by atoms with van der Waals surface area (Å²) in [6.45, 7) is 5.18. The Morgan fingerprint density at radius 1 is 1.32 bits per heavy atom. The van der Waals surface area contributed by atoms with E-state index in [1.54, 1.807) is 0 Å². The van der Waals surface area contributed by atoms with Crippen LogP contribution in [-0.2, 0) is 4.74 Å². The van der Waals surface area contributed by atoms with Crippen molar-refractivity contribution in [2.45, 2.75) is 6.92 Å². The van der Waals surface area contributed by atoms with E-state index in [1.807, 2.05) is 31.2 Å². The average Bonchev–Trinajstić information content (AvgIpc) is 2.46. The van der Waals surface area contributed by atoms with Crippen molar-refractivity contribution in [2.24, 2.45) is 10.8 Å². The predicted octanol–water partition coefficient (Wildman–Crippen LogP) is 0.915. The van der Waals surface area contributed by atoms with Crippen LogP contribution in [0, 0.1) is 0 Å². The van der Waals surface area contributed by atoms with E-state index in [9.17, 15) is 4.79 Å². The molecule has 0 atom stereocenters. The number of urea groups is 1. The van der Waals surface area contributed by atoms with E-state index in [0.29, 0.717) is 5.71 Å². The predicted molar refractivity (Wildman–Crippen MR) is 74.4 cm³/mol. The molecule has 1 aromatic rings. The highest BCUT2D eigenvalue weighted by Gasteiger charge is 2.10. The lowest BCUT2D eigenvalue weighted by Gasteiger charge is -2.28. The number of benzene rings is 1. The molecule has 102 valence electrons. The maximum atomic E-state index is 10.6. The normalized spacial score (nSPS) is 16.3. The number of anilines is 1. The van der Waals surface area contributed by atoms with Crippen molar-refractivity contribution in [1.29, 1.82) is 0 Å². The molecule has 2 amide bonds. The molecule has 0 aromatic heterocycles. The van der Waals surface area contributed by atoms with E-state index in [-0.39, 0.29) is 0 Å². The zero-order valence-corrected chi connectivity index (χ0v) is 10.9. The zero-order valence-electron chi connectivity index (χ0n) is 10.9. The number of carbonyl (C=O) groups excluding carboxylic acids is 1. The molecule has 1 saturated heterocycles. The fourth-order valence-electron chi connectivity index (χ4n) is 1.94. The van der Waals surface area contributed by atoms with Crippen LogP contribution < -0.4 is 16.1 Å². The van der Waals surface area contributed by atoms with Gasteiger partial charge in [0.15, 0.2) is 0 Å². The fraction of sp³-hybridized carbons (Fsp3) is 0.385. The van der Waals surface area contributed by atoms with Gasteiger partial charge in [0, 0.05) is 18.8 Å². The summed E-state index contributed by atoms with van der Waals surface area (Å²) in [4.78, 5) is 12.9. The number of nitrogens with one attached hydrogen (secondary N) is 1. The number of amides is 2. The van der Waals surface area contributed by atoms with Crippen molar-refractivity contribution in [3.63, 3.8) is 0 Å². The van der Waals surface area contributed by atoms with Crippen molar-refractivity contribution in [2.75, 3.05) is 31.2 Å². The Labute approximate surface area is 112 Å². The molecule has 1 aromatic carbocycles. The second-order valence-corrected chi connectivity index (χ2v) is 4.32. The first-order valence-electron chi connectivity index (χ1n) is 6.19. The molecule has 6 nitrogen and oxygen atoms in total. The molecule has 0 radical (unpaired) electrons. The van der Waals surface area contributed by atoms with Crippen LogP contribution in [0.4, 0.5) is 10.5 Å². The highest BCUT2D eigenvalue weighted by molar-refractivity contribution is 5.99. The van der Waals surface area contributed by atoms with E-state index < -0.39 is 6.03 Å². The minimum atomic E-state index is -0.663. The first kappa shape index (κ1) is 13.4. The summed E-state index contributed by atoms with van der Waals surface area (Å²) >= 11 is 0. The van der Waals surface area contributed by atoms with Gasteiger partial charge in [-0.2, -0.15) is 5.10 Å². The summed E-state index contributed by atoms with van der Waals surface area (Å²) in [6, 6.07) is 7.39. The topological polar surface area (TPSA) is 79.9 Å².